The minimum atomic E-state index is -0.0407. The van der Waals surface area contributed by atoms with Gasteiger partial charge in [0.15, 0.2) is 0 Å². The van der Waals surface area contributed by atoms with Gasteiger partial charge < -0.3 is 10.1 Å². The van der Waals surface area contributed by atoms with Crippen molar-refractivity contribution in [3.05, 3.63) is 11.1 Å². The SMILES string of the molecule is CC(=O)NCCN1C[C@@H](C)C[C@H]2O[C@]3(CC[C@@H]4C(=C(C)C3)C[C@H]3[C@H]4CC[C@@H]4CC(=O)CC[C@@]43C)[C@H](C)C21. The maximum atomic E-state index is 12.3. The molecule has 37 heavy (non-hydrogen) atoms. The molecule has 0 aromatic heterocycles. The van der Waals surface area contributed by atoms with Crippen molar-refractivity contribution in [2.24, 2.45) is 40.9 Å². The Balaban J connectivity index is 1.23. The molecular weight excluding hydrogens is 460 g/mol. The van der Waals surface area contributed by atoms with Gasteiger partial charge in [0.25, 0.3) is 0 Å². The fourth-order valence-electron chi connectivity index (χ4n) is 10.6. The molecule has 6 rings (SSSR count). The first-order valence-corrected chi connectivity index (χ1v) is 15.5. The Hall–Kier alpha value is -1.20. The van der Waals surface area contributed by atoms with Crippen LogP contribution in [0.5, 0.6) is 0 Å². The summed E-state index contributed by atoms with van der Waals surface area (Å²) < 4.78 is 7.20. The van der Waals surface area contributed by atoms with E-state index >= 15 is 0 Å². The van der Waals surface area contributed by atoms with Gasteiger partial charge in [-0.25, -0.2) is 0 Å². The van der Waals surface area contributed by atoms with Crippen molar-refractivity contribution in [3.63, 3.8) is 0 Å². The average molecular weight is 511 g/mol. The Labute approximate surface area is 224 Å². The highest BCUT2D eigenvalue weighted by Gasteiger charge is 2.60. The number of likely N-dealkylation sites (tertiary alicyclic amines) is 1. The van der Waals surface area contributed by atoms with Gasteiger partial charge in [-0.2, -0.15) is 0 Å². The normalized spacial score (nSPS) is 47.8. The Morgan fingerprint density at radius 1 is 1.16 bits per heavy atom. The molecule has 1 unspecified atom stereocenters. The van der Waals surface area contributed by atoms with Crippen LogP contribution in [0.15, 0.2) is 11.1 Å². The summed E-state index contributed by atoms with van der Waals surface area (Å²) in [4.78, 5) is 26.4. The lowest BCUT2D eigenvalue weighted by molar-refractivity contribution is -0.130. The highest BCUT2D eigenvalue weighted by Crippen LogP contribution is 2.65. The van der Waals surface area contributed by atoms with Gasteiger partial charge in [-0.3, -0.25) is 14.5 Å². The fraction of sp³-hybridized carbons (Fsp3) is 0.875. The molecule has 5 heteroatoms. The smallest absolute Gasteiger partial charge is 0.216 e. The zero-order chi connectivity index (χ0) is 26.1. The van der Waals surface area contributed by atoms with E-state index in [4.69, 9.17) is 4.74 Å². The van der Waals surface area contributed by atoms with Gasteiger partial charge in [0.1, 0.15) is 5.78 Å². The third kappa shape index (κ3) is 4.26. The van der Waals surface area contributed by atoms with Crippen molar-refractivity contribution in [2.45, 2.75) is 117 Å². The predicted molar refractivity (Wildman–Crippen MR) is 146 cm³/mol. The van der Waals surface area contributed by atoms with E-state index in [-0.39, 0.29) is 11.5 Å². The van der Waals surface area contributed by atoms with Gasteiger partial charge in [-0.1, -0.05) is 31.9 Å². The lowest BCUT2D eigenvalue weighted by atomic mass is 9.52. The van der Waals surface area contributed by atoms with E-state index in [0.29, 0.717) is 41.1 Å². The second-order valence-corrected chi connectivity index (χ2v) is 14.4. The van der Waals surface area contributed by atoms with Gasteiger partial charge in [0, 0.05) is 51.4 Å². The zero-order valence-electron chi connectivity index (χ0n) is 24.0. The first-order valence-electron chi connectivity index (χ1n) is 15.5. The van der Waals surface area contributed by atoms with Gasteiger partial charge in [0.2, 0.25) is 5.91 Å². The van der Waals surface area contributed by atoms with Crippen LogP contribution in [-0.4, -0.2) is 54.0 Å². The Kier molecular flexibility index (Phi) is 6.66. The molecule has 2 aliphatic heterocycles. The quantitative estimate of drug-likeness (QED) is 0.507. The van der Waals surface area contributed by atoms with Crippen molar-refractivity contribution in [1.29, 1.82) is 0 Å². The lowest BCUT2D eigenvalue weighted by Gasteiger charge is -2.52. The van der Waals surface area contributed by atoms with Crippen LogP contribution >= 0.6 is 0 Å². The summed E-state index contributed by atoms with van der Waals surface area (Å²) in [5.74, 6) is 4.65. The van der Waals surface area contributed by atoms with E-state index in [9.17, 15) is 9.59 Å². The number of hydrogen-bond donors (Lipinski definition) is 1. The van der Waals surface area contributed by atoms with Crippen LogP contribution in [0, 0.1) is 40.9 Å². The number of ketones is 1. The van der Waals surface area contributed by atoms with E-state index in [1.807, 2.05) is 0 Å². The van der Waals surface area contributed by atoms with Gasteiger partial charge >= 0.3 is 0 Å². The van der Waals surface area contributed by atoms with Gasteiger partial charge in [-0.05, 0) is 93.3 Å². The number of carbonyl (C=O) groups is 2. The number of rotatable bonds is 3. The number of Topliss-reactive ketones (excluding diaryl/α,β-unsaturated/α-hetero) is 1. The van der Waals surface area contributed by atoms with Crippen molar-refractivity contribution < 1.29 is 14.3 Å². The minimum Gasteiger partial charge on any atom is -0.369 e. The number of fused-ring (bicyclic) bond motifs is 6. The van der Waals surface area contributed by atoms with E-state index in [0.717, 1.165) is 69.5 Å². The molecule has 1 N–H and O–H groups in total. The summed E-state index contributed by atoms with van der Waals surface area (Å²) in [6, 6.07) is 0.461. The molecule has 5 nitrogen and oxygen atoms in total. The monoisotopic (exact) mass is 510 g/mol. The number of amides is 1. The van der Waals surface area contributed by atoms with E-state index in [2.05, 4.69) is 37.9 Å². The van der Waals surface area contributed by atoms with Crippen molar-refractivity contribution in [3.8, 4) is 0 Å². The molecule has 4 aliphatic carbocycles. The van der Waals surface area contributed by atoms with Crippen molar-refractivity contribution >= 4 is 11.7 Å². The number of nitrogens with one attached hydrogen (secondary N) is 1. The molecule has 10 atom stereocenters. The number of nitrogens with zero attached hydrogens (tertiary/aromatic N) is 1. The summed E-state index contributed by atoms with van der Waals surface area (Å²) in [5.41, 5.74) is 3.74. The van der Waals surface area contributed by atoms with Crippen LogP contribution in [0.25, 0.3) is 0 Å². The third-order valence-corrected chi connectivity index (χ3v) is 12.4. The molecule has 0 aromatic rings. The average Bonchev–Trinajstić information content (AvgIpc) is 3.29. The fourth-order valence-corrected chi connectivity index (χ4v) is 10.6. The topological polar surface area (TPSA) is 58.6 Å². The summed E-state index contributed by atoms with van der Waals surface area (Å²) in [6.45, 7) is 14.2. The Morgan fingerprint density at radius 2 is 1.97 bits per heavy atom. The minimum absolute atomic E-state index is 0.0407. The maximum Gasteiger partial charge on any atom is 0.216 e. The Morgan fingerprint density at radius 3 is 2.76 bits per heavy atom. The number of ether oxygens (including phenoxy) is 1. The molecule has 3 saturated carbocycles. The molecule has 2 saturated heterocycles. The molecule has 0 aromatic carbocycles. The number of allylic oxidation sites excluding steroid dienone is 1. The molecule has 2 heterocycles. The number of carbonyl (C=O) groups excluding carboxylic acids is 2. The number of hydrogen-bond acceptors (Lipinski definition) is 4. The third-order valence-electron chi connectivity index (χ3n) is 12.4. The molecule has 1 spiro atoms. The van der Waals surface area contributed by atoms with E-state index in [1.165, 1.54) is 32.1 Å². The summed E-state index contributed by atoms with van der Waals surface area (Å²) in [5, 5.41) is 3.02. The molecular formula is C32H50N2O3. The van der Waals surface area contributed by atoms with E-state index < -0.39 is 0 Å². The van der Waals surface area contributed by atoms with Gasteiger partial charge in [-0.15, -0.1) is 0 Å². The molecule has 0 bridgehead atoms. The molecule has 6 aliphatic rings. The van der Waals surface area contributed by atoms with Crippen LogP contribution in [0.2, 0.25) is 0 Å². The van der Waals surface area contributed by atoms with Crippen molar-refractivity contribution in [1.82, 2.24) is 10.2 Å². The van der Waals surface area contributed by atoms with Crippen LogP contribution in [0.4, 0.5) is 0 Å². The highest BCUT2D eigenvalue weighted by atomic mass is 16.5. The molecule has 206 valence electrons. The molecule has 1 amide bonds. The molecule has 5 fully saturated rings. The second kappa shape index (κ2) is 9.47. The largest absolute Gasteiger partial charge is 0.369 e. The number of piperidine rings is 1. The summed E-state index contributed by atoms with van der Waals surface area (Å²) in [6.07, 6.45) is 11.7. The van der Waals surface area contributed by atoms with Gasteiger partial charge in [0.05, 0.1) is 11.7 Å². The first-order chi connectivity index (χ1) is 17.6. The zero-order valence-corrected chi connectivity index (χ0v) is 24.0. The highest BCUT2D eigenvalue weighted by molar-refractivity contribution is 5.79. The lowest BCUT2D eigenvalue weighted by Crippen LogP contribution is -2.53. The molecule has 0 radical (unpaired) electrons. The van der Waals surface area contributed by atoms with Crippen LogP contribution < -0.4 is 5.32 Å². The summed E-state index contributed by atoms with van der Waals surface area (Å²) >= 11 is 0. The van der Waals surface area contributed by atoms with E-state index in [1.54, 1.807) is 18.1 Å². The first kappa shape index (κ1) is 26.0. The second-order valence-electron chi connectivity index (χ2n) is 14.4. The maximum absolute atomic E-state index is 12.3. The van der Waals surface area contributed by atoms with Crippen LogP contribution in [0.1, 0.15) is 98.8 Å². The standard InChI is InChI=1S/C32H50N2O3/c1-19-14-29-30(34(18-19)13-12-33-22(4)35)21(3)32(37-29)11-9-25-26-7-6-23-15-24(36)8-10-31(23,5)28(26)16-27(25)20(2)17-32/h19,21,23,25-26,28-30H,6-18H2,1-5H3,(H,33,35)/t19-,21+,23+,25-,26-,28-,29+,30?,31-,32-/m0/s1. The predicted octanol–water partition coefficient (Wildman–Crippen LogP) is 5.53. The summed E-state index contributed by atoms with van der Waals surface area (Å²) in [7, 11) is 0. The van der Waals surface area contributed by atoms with Crippen molar-refractivity contribution in [2.75, 3.05) is 19.6 Å². The van der Waals surface area contributed by atoms with Crippen LogP contribution in [-0.2, 0) is 14.3 Å². The Bertz CT molecular complexity index is 975. The van der Waals surface area contributed by atoms with Crippen LogP contribution in [0.3, 0.4) is 0 Å².